The number of fused-ring (bicyclic) bond motifs is 1. The number of aromatic nitrogens is 2. The van der Waals surface area contributed by atoms with Crippen LogP contribution in [0.2, 0.25) is 0 Å². The molecule has 124 valence electrons. The molecule has 5 heteroatoms. The fraction of sp³-hybridized carbons (Fsp3) is 0.421. The van der Waals surface area contributed by atoms with Crippen LogP contribution >= 0.6 is 0 Å². The molecule has 1 aromatic carbocycles. The highest BCUT2D eigenvalue weighted by Crippen LogP contribution is 2.34. The molecule has 0 bridgehead atoms. The summed E-state index contributed by atoms with van der Waals surface area (Å²) < 4.78 is 0. The summed E-state index contributed by atoms with van der Waals surface area (Å²) in [6.45, 7) is 1.71. The number of hydrogen-bond acceptors (Lipinski definition) is 4. The molecule has 4 rings (SSSR count). The molecule has 2 aromatic rings. The van der Waals surface area contributed by atoms with Crippen LogP contribution in [0.15, 0.2) is 48.9 Å². The summed E-state index contributed by atoms with van der Waals surface area (Å²) in [5.41, 5.74) is 1.74. The number of carbonyl (C=O) groups is 1. The van der Waals surface area contributed by atoms with Crippen LogP contribution in [0.1, 0.15) is 41.2 Å². The van der Waals surface area contributed by atoms with Gasteiger partial charge in [-0.15, -0.1) is 0 Å². The lowest BCUT2D eigenvalue weighted by Gasteiger charge is -2.34. The molecule has 3 heterocycles. The minimum atomic E-state index is 0.00429. The number of benzene rings is 1. The maximum Gasteiger partial charge on any atom is 0.274 e. The molecule has 5 nitrogen and oxygen atoms in total. The van der Waals surface area contributed by atoms with Gasteiger partial charge in [-0.2, -0.15) is 0 Å². The Morgan fingerprint density at radius 1 is 1.17 bits per heavy atom. The number of likely N-dealkylation sites (tertiary alicyclic amines) is 1. The van der Waals surface area contributed by atoms with Gasteiger partial charge in [-0.1, -0.05) is 36.8 Å². The maximum atomic E-state index is 13.1. The largest absolute Gasteiger partial charge is 0.332 e. The molecule has 2 saturated heterocycles. The molecule has 0 saturated carbocycles. The van der Waals surface area contributed by atoms with Crippen LogP contribution < -0.4 is 5.32 Å². The van der Waals surface area contributed by atoms with Crippen molar-refractivity contribution in [2.45, 2.75) is 37.3 Å². The van der Waals surface area contributed by atoms with E-state index in [1.807, 2.05) is 11.0 Å². The predicted molar refractivity (Wildman–Crippen MR) is 91.7 cm³/mol. The summed E-state index contributed by atoms with van der Waals surface area (Å²) in [5, 5.41) is 3.65. The van der Waals surface area contributed by atoms with Crippen molar-refractivity contribution in [3.63, 3.8) is 0 Å². The van der Waals surface area contributed by atoms with Crippen LogP contribution in [-0.2, 0) is 0 Å². The maximum absolute atomic E-state index is 13.1. The molecule has 2 aliphatic heterocycles. The van der Waals surface area contributed by atoms with E-state index in [0.717, 1.165) is 32.4 Å². The van der Waals surface area contributed by atoms with E-state index in [4.69, 9.17) is 0 Å². The molecule has 2 aliphatic rings. The fourth-order valence-electron chi connectivity index (χ4n) is 4.11. The Balaban J connectivity index is 1.68. The zero-order valence-corrected chi connectivity index (χ0v) is 13.6. The third-order valence-corrected chi connectivity index (χ3v) is 5.22. The molecule has 0 aliphatic carbocycles. The van der Waals surface area contributed by atoms with E-state index >= 15 is 0 Å². The molecule has 2 fully saturated rings. The van der Waals surface area contributed by atoms with Gasteiger partial charge in [0.25, 0.3) is 5.91 Å². The molecular weight excluding hydrogens is 300 g/mol. The normalized spacial score (nSPS) is 26.7. The first kappa shape index (κ1) is 15.3. The lowest BCUT2D eigenvalue weighted by Crippen LogP contribution is -2.48. The third kappa shape index (κ3) is 2.80. The van der Waals surface area contributed by atoms with Crippen molar-refractivity contribution in [3.8, 4) is 0 Å². The van der Waals surface area contributed by atoms with Gasteiger partial charge < -0.3 is 10.2 Å². The van der Waals surface area contributed by atoms with Crippen molar-refractivity contribution < 1.29 is 4.79 Å². The van der Waals surface area contributed by atoms with Gasteiger partial charge in [-0.25, -0.2) is 4.98 Å². The van der Waals surface area contributed by atoms with Gasteiger partial charge in [0.05, 0.1) is 12.2 Å². The number of carbonyl (C=O) groups excluding carboxylic acids is 1. The number of nitrogens with one attached hydrogen (secondary N) is 1. The molecule has 1 N–H and O–H groups in total. The van der Waals surface area contributed by atoms with E-state index in [2.05, 4.69) is 39.6 Å². The smallest absolute Gasteiger partial charge is 0.274 e. The Labute approximate surface area is 142 Å². The van der Waals surface area contributed by atoms with Gasteiger partial charge >= 0.3 is 0 Å². The molecule has 0 unspecified atom stereocenters. The molecule has 0 spiro atoms. The SMILES string of the molecule is O=C(c1cnccn1)N1CCCC[C@@H]2NC[C@@H](c3ccccc3)[C@@H]21. The first-order valence-electron chi connectivity index (χ1n) is 8.70. The Morgan fingerprint density at radius 2 is 2.04 bits per heavy atom. The van der Waals surface area contributed by atoms with E-state index in [0.29, 0.717) is 17.7 Å². The van der Waals surface area contributed by atoms with E-state index in [9.17, 15) is 4.79 Å². The lowest BCUT2D eigenvalue weighted by molar-refractivity contribution is 0.0657. The monoisotopic (exact) mass is 322 g/mol. The molecule has 24 heavy (non-hydrogen) atoms. The fourth-order valence-corrected chi connectivity index (χ4v) is 4.11. The van der Waals surface area contributed by atoms with Gasteiger partial charge in [0, 0.05) is 37.4 Å². The van der Waals surface area contributed by atoms with Crippen LogP contribution in [0.5, 0.6) is 0 Å². The summed E-state index contributed by atoms with van der Waals surface area (Å²) in [4.78, 5) is 23.4. The Morgan fingerprint density at radius 3 is 2.83 bits per heavy atom. The molecule has 1 aromatic heterocycles. The van der Waals surface area contributed by atoms with Crippen molar-refractivity contribution in [2.24, 2.45) is 0 Å². The summed E-state index contributed by atoms with van der Waals surface area (Å²) in [5.74, 6) is 0.333. The molecular formula is C19H22N4O. The van der Waals surface area contributed by atoms with E-state index < -0.39 is 0 Å². The van der Waals surface area contributed by atoms with E-state index in [-0.39, 0.29) is 11.9 Å². The lowest BCUT2D eigenvalue weighted by atomic mass is 9.89. The summed E-state index contributed by atoms with van der Waals surface area (Å²) in [7, 11) is 0. The van der Waals surface area contributed by atoms with Crippen molar-refractivity contribution in [2.75, 3.05) is 13.1 Å². The number of rotatable bonds is 2. The van der Waals surface area contributed by atoms with Crippen molar-refractivity contribution in [3.05, 3.63) is 60.2 Å². The zero-order valence-electron chi connectivity index (χ0n) is 13.6. The van der Waals surface area contributed by atoms with Gasteiger partial charge in [0.2, 0.25) is 0 Å². The quantitative estimate of drug-likeness (QED) is 0.921. The van der Waals surface area contributed by atoms with Crippen molar-refractivity contribution in [1.29, 1.82) is 0 Å². The van der Waals surface area contributed by atoms with Crippen LogP contribution in [0.25, 0.3) is 0 Å². The topological polar surface area (TPSA) is 58.1 Å². The summed E-state index contributed by atoms with van der Waals surface area (Å²) >= 11 is 0. The third-order valence-electron chi connectivity index (χ3n) is 5.22. The van der Waals surface area contributed by atoms with Gasteiger partial charge in [-0.05, 0) is 18.4 Å². The zero-order chi connectivity index (χ0) is 16.4. The van der Waals surface area contributed by atoms with Gasteiger partial charge in [0.1, 0.15) is 5.69 Å². The number of nitrogens with zero attached hydrogens (tertiary/aromatic N) is 3. The Bertz CT molecular complexity index is 691. The Hall–Kier alpha value is -2.27. The van der Waals surface area contributed by atoms with E-state index in [1.54, 1.807) is 18.6 Å². The minimum Gasteiger partial charge on any atom is -0.332 e. The van der Waals surface area contributed by atoms with Crippen LogP contribution in [0, 0.1) is 0 Å². The minimum absolute atomic E-state index is 0.00429. The average molecular weight is 322 g/mol. The first-order chi connectivity index (χ1) is 11.8. The second-order valence-electron chi connectivity index (χ2n) is 6.61. The summed E-state index contributed by atoms with van der Waals surface area (Å²) in [6.07, 6.45) is 8.08. The van der Waals surface area contributed by atoms with Crippen molar-refractivity contribution >= 4 is 5.91 Å². The highest BCUT2D eigenvalue weighted by atomic mass is 16.2. The summed E-state index contributed by atoms with van der Waals surface area (Å²) in [6, 6.07) is 11.1. The van der Waals surface area contributed by atoms with Crippen LogP contribution in [0.3, 0.4) is 0 Å². The van der Waals surface area contributed by atoms with E-state index in [1.165, 1.54) is 5.56 Å². The highest BCUT2D eigenvalue weighted by Gasteiger charge is 2.43. The van der Waals surface area contributed by atoms with Gasteiger partial charge in [-0.3, -0.25) is 9.78 Å². The molecule has 1 amide bonds. The van der Waals surface area contributed by atoms with Crippen LogP contribution in [0.4, 0.5) is 0 Å². The predicted octanol–water partition coefficient (Wildman–Crippen LogP) is 2.23. The molecule has 3 atom stereocenters. The highest BCUT2D eigenvalue weighted by molar-refractivity contribution is 5.92. The second-order valence-corrected chi connectivity index (χ2v) is 6.61. The van der Waals surface area contributed by atoms with Crippen LogP contribution in [-0.4, -0.2) is 45.9 Å². The average Bonchev–Trinajstić information content (AvgIpc) is 2.95. The van der Waals surface area contributed by atoms with Gasteiger partial charge in [0.15, 0.2) is 0 Å². The number of hydrogen-bond donors (Lipinski definition) is 1. The standard InChI is InChI=1S/C19H22N4O/c24-19(17-13-20-9-10-21-17)23-11-5-4-8-16-18(23)15(12-22-16)14-6-2-1-3-7-14/h1-3,6-7,9-10,13,15-16,18,22H,4-5,8,11-12H2/t15-,16-,18-/m0/s1. The van der Waals surface area contributed by atoms with Crippen molar-refractivity contribution in [1.82, 2.24) is 20.2 Å². The second kappa shape index (κ2) is 6.69. The number of amides is 1. The molecule has 0 radical (unpaired) electrons. The first-order valence-corrected chi connectivity index (χ1v) is 8.70. The Kier molecular flexibility index (Phi) is 4.26.